The van der Waals surface area contributed by atoms with Gasteiger partial charge in [-0.2, -0.15) is 0 Å². The van der Waals surface area contributed by atoms with E-state index >= 15 is 0 Å². The summed E-state index contributed by atoms with van der Waals surface area (Å²) in [4.78, 5) is 16.2. The molecule has 18 heavy (non-hydrogen) atoms. The van der Waals surface area contributed by atoms with Crippen molar-refractivity contribution < 1.29 is 4.79 Å². The number of hydrogen-bond donors (Lipinski definition) is 2. The highest BCUT2D eigenvalue weighted by atomic mass is 35.5. The normalized spacial score (nSPS) is 22.6. The van der Waals surface area contributed by atoms with Crippen LogP contribution in [-0.4, -0.2) is 24.0 Å². The van der Waals surface area contributed by atoms with Crippen LogP contribution in [0.2, 0.25) is 0 Å². The van der Waals surface area contributed by atoms with Crippen molar-refractivity contribution in [3.05, 3.63) is 11.1 Å². The quantitative estimate of drug-likeness (QED) is 0.894. The lowest BCUT2D eigenvalue weighted by molar-refractivity contribution is -0.116. The van der Waals surface area contributed by atoms with Crippen molar-refractivity contribution in [2.24, 2.45) is 5.92 Å². The highest BCUT2D eigenvalue weighted by Crippen LogP contribution is 2.40. The molecule has 1 unspecified atom stereocenters. The van der Waals surface area contributed by atoms with Gasteiger partial charge in [0.15, 0.2) is 5.13 Å². The van der Waals surface area contributed by atoms with E-state index in [4.69, 9.17) is 0 Å². The topological polar surface area (TPSA) is 54.0 Å². The van der Waals surface area contributed by atoms with E-state index in [1.807, 2.05) is 0 Å². The second kappa shape index (κ2) is 5.99. The van der Waals surface area contributed by atoms with Crippen LogP contribution in [0, 0.1) is 5.92 Å². The molecule has 1 aromatic rings. The minimum Gasteiger partial charge on any atom is -0.316 e. The number of hydrogen-bond acceptors (Lipinski definition) is 4. The second-order valence-electron chi connectivity index (χ2n) is 4.96. The zero-order valence-corrected chi connectivity index (χ0v) is 11.8. The summed E-state index contributed by atoms with van der Waals surface area (Å²) in [6.07, 6.45) is 4.24. The molecular weight excluding hydrogens is 270 g/mol. The third kappa shape index (κ3) is 3.43. The van der Waals surface area contributed by atoms with E-state index in [-0.39, 0.29) is 18.3 Å². The lowest BCUT2D eigenvalue weighted by Gasteiger charge is -2.06. The van der Waals surface area contributed by atoms with Gasteiger partial charge in [0.05, 0.1) is 5.69 Å². The van der Waals surface area contributed by atoms with Crippen molar-refractivity contribution in [3.63, 3.8) is 0 Å². The lowest BCUT2D eigenvalue weighted by atomic mass is 10.1. The molecule has 2 aliphatic rings. The van der Waals surface area contributed by atoms with E-state index in [1.165, 1.54) is 12.8 Å². The van der Waals surface area contributed by atoms with Crippen LogP contribution in [0.15, 0.2) is 5.38 Å². The summed E-state index contributed by atoms with van der Waals surface area (Å²) < 4.78 is 0. The Kier molecular flexibility index (Phi) is 4.59. The molecule has 2 fully saturated rings. The Bertz CT molecular complexity index is 413. The van der Waals surface area contributed by atoms with Crippen molar-refractivity contribution in [2.45, 2.75) is 31.6 Å². The Labute approximate surface area is 117 Å². The first-order valence-electron chi connectivity index (χ1n) is 6.27. The van der Waals surface area contributed by atoms with Gasteiger partial charge in [-0.3, -0.25) is 4.79 Å². The maximum atomic E-state index is 11.8. The van der Waals surface area contributed by atoms with Crippen molar-refractivity contribution in [1.82, 2.24) is 10.3 Å². The number of nitrogens with zero attached hydrogens (tertiary/aromatic N) is 1. The van der Waals surface area contributed by atoms with Gasteiger partial charge in [-0.1, -0.05) is 0 Å². The first-order chi connectivity index (χ1) is 8.31. The number of carbonyl (C=O) groups excluding carboxylic acids is 1. The zero-order valence-electron chi connectivity index (χ0n) is 10.1. The molecule has 1 amide bonds. The van der Waals surface area contributed by atoms with E-state index < -0.39 is 0 Å². The van der Waals surface area contributed by atoms with Gasteiger partial charge in [-0.25, -0.2) is 4.98 Å². The molecule has 1 atom stereocenters. The fourth-order valence-electron chi connectivity index (χ4n) is 2.23. The molecule has 0 spiro atoms. The van der Waals surface area contributed by atoms with E-state index in [0.29, 0.717) is 18.3 Å². The van der Waals surface area contributed by atoms with Crippen molar-refractivity contribution >= 4 is 34.8 Å². The van der Waals surface area contributed by atoms with Gasteiger partial charge >= 0.3 is 0 Å². The number of nitrogens with one attached hydrogen (secondary N) is 2. The summed E-state index contributed by atoms with van der Waals surface area (Å²) in [5.74, 6) is 1.27. The Morgan fingerprint density at radius 1 is 1.50 bits per heavy atom. The molecule has 1 aromatic heterocycles. The Balaban J connectivity index is 0.00000120. The van der Waals surface area contributed by atoms with Gasteiger partial charge in [0.25, 0.3) is 0 Å². The van der Waals surface area contributed by atoms with E-state index in [9.17, 15) is 4.79 Å². The van der Waals surface area contributed by atoms with Gasteiger partial charge in [-0.05, 0) is 38.3 Å². The third-order valence-corrected chi connectivity index (χ3v) is 4.18. The molecule has 6 heteroatoms. The molecule has 0 aromatic carbocycles. The number of carbonyl (C=O) groups is 1. The maximum absolute atomic E-state index is 11.8. The number of aromatic nitrogens is 1. The molecule has 2 heterocycles. The highest BCUT2D eigenvalue weighted by molar-refractivity contribution is 7.13. The standard InChI is InChI=1S/C12H17N3OS.ClH/c16-11(5-8-3-4-13-6-8)15-12-14-10(7-17-12)9-1-2-9;/h7-9,13H,1-6H2,(H,14,15,16);1H. The van der Waals surface area contributed by atoms with Gasteiger partial charge < -0.3 is 10.6 Å². The predicted octanol–water partition coefficient (Wildman–Crippen LogP) is 2.38. The molecular formula is C12H18ClN3OS. The average molecular weight is 288 g/mol. The molecule has 0 bridgehead atoms. The molecule has 1 aliphatic heterocycles. The minimum atomic E-state index is 0. The average Bonchev–Trinajstić information content (AvgIpc) is 2.84. The Morgan fingerprint density at radius 2 is 2.33 bits per heavy atom. The Hall–Kier alpha value is -0.650. The number of rotatable bonds is 4. The summed E-state index contributed by atoms with van der Waals surface area (Å²) in [6.45, 7) is 2.01. The number of halogens is 1. The molecule has 3 rings (SSSR count). The van der Waals surface area contributed by atoms with Gasteiger partial charge in [0, 0.05) is 17.7 Å². The van der Waals surface area contributed by atoms with Crippen LogP contribution in [-0.2, 0) is 4.79 Å². The molecule has 2 N–H and O–H groups in total. The summed E-state index contributed by atoms with van der Waals surface area (Å²) in [7, 11) is 0. The smallest absolute Gasteiger partial charge is 0.226 e. The van der Waals surface area contributed by atoms with Crippen LogP contribution >= 0.6 is 23.7 Å². The lowest BCUT2D eigenvalue weighted by Crippen LogP contribution is -2.18. The van der Waals surface area contributed by atoms with Crippen LogP contribution < -0.4 is 10.6 Å². The molecule has 1 saturated carbocycles. The van der Waals surface area contributed by atoms with Crippen molar-refractivity contribution in [1.29, 1.82) is 0 Å². The van der Waals surface area contributed by atoms with E-state index in [2.05, 4.69) is 21.0 Å². The fourth-order valence-corrected chi connectivity index (χ4v) is 3.04. The SMILES string of the molecule is Cl.O=C(CC1CCNC1)Nc1nc(C2CC2)cs1. The largest absolute Gasteiger partial charge is 0.316 e. The Morgan fingerprint density at radius 3 is 3.00 bits per heavy atom. The number of thiazole rings is 1. The van der Waals surface area contributed by atoms with Gasteiger partial charge in [0.1, 0.15) is 0 Å². The summed E-state index contributed by atoms with van der Waals surface area (Å²) in [6, 6.07) is 0. The summed E-state index contributed by atoms with van der Waals surface area (Å²) >= 11 is 1.55. The van der Waals surface area contributed by atoms with E-state index in [0.717, 1.165) is 30.3 Å². The van der Waals surface area contributed by atoms with Gasteiger partial charge in [0.2, 0.25) is 5.91 Å². The maximum Gasteiger partial charge on any atom is 0.226 e. The van der Waals surface area contributed by atoms with Crippen LogP contribution in [0.3, 0.4) is 0 Å². The second-order valence-corrected chi connectivity index (χ2v) is 5.82. The first-order valence-corrected chi connectivity index (χ1v) is 7.15. The fraction of sp³-hybridized carbons (Fsp3) is 0.667. The summed E-state index contributed by atoms with van der Waals surface area (Å²) in [5, 5.41) is 9.03. The predicted molar refractivity (Wildman–Crippen MR) is 75.6 cm³/mol. The van der Waals surface area contributed by atoms with Crippen molar-refractivity contribution in [3.8, 4) is 0 Å². The molecule has 0 radical (unpaired) electrons. The van der Waals surface area contributed by atoms with Crippen LogP contribution in [0.25, 0.3) is 0 Å². The summed E-state index contributed by atoms with van der Waals surface area (Å²) in [5.41, 5.74) is 1.16. The highest BCUT2D eigenvalue weighted by Gasteiger charge is 2.26. The molecule has 1 saturated heterocycles. The first kappa shape index (κ1) is 13.8. The molecule has 1 aliphatic carbocycles. The molecule has 4 nitrogen and oxygen atoms in total. The van der Waals surface area contributed by atoms with Crippen LogP contribution in [0.4, 0.5) is 5.13 Å². The van der Waals surface area contributed by atoms with Crippen LogP contribution in [0.5, 0.6) is 0 Å². The number of anilines is 1. The van der Waals surface area contributed by atoms with Gasteiger partial charge in [-0.15, -0.1) is 23.7 Å². The monoisotopic (exact) mass is 287 g/mol. The van der Waals surface area contributed by atoms with E-state index in [1.54, 1.807) is 11.3 Å². The zero-order chi connectivity index (χ0) is 11.7. The minimum absolute atomic E-state index is 0. The molecule has 100 valence electrons. The third-order valence-electron chi connectivity index (χ3n) is 3.40. The van der Waals surface area contributed by atoms with Crippen molar-refractivity contribution in [2.75, 3.05) is 18.4 Å². The number of amides is 1. The van der Waals surface area contributed by atoms with Crippen LogP contribution in [0.1, 0.15) is 37.3 Å².